The van der Waals surface area contributed by atoms with Gasteiger partial charge in [0.15, 0.2) is 0 Å². The van der Waals surface area contributed by atoms with Crippen LogP contribution < -0.4 is 10.6 Å². The Kier molecular flexibility index (Phi) is 2.84. The third kappa shape index (κ3) is 2.02. The van der Waals surface area contributed by atoms with Crippen molar-refractivity contribution < 1.29 is 0 Å². The first-order chi connectivity index (χ1) is 8.74. The highest BCUT2D eigenvalue weighted by atomic mass is 35.5. The van der Waals surface area contributed by atoms with Gasteiger partial charge < -0.3 is 10.6 Å². The van der Waals surface area contributed by atoms with E-state index in [2.05, 4.69) is 28.6 Å². The Labute approximate surface area is 111 Å². The molecule has 0 spiro atoms. The molecule has 4 heteroatoms. The number of nitrogens with one attached hydrogen (secondary N) is 2. The molecular formula is C14H14ClN3. The van der Waals surface area contributed by atoms with Crippen molar-refractivity contribution in [3.05, 3.63) is 40.9 Å². The summed E-state index contributed by atoms with van der Waals surface area (Å²) in [5.74, 6) is 0.927. The first-order valence-corrected chi connectivity index (χ1v) is 6.37. The third-order valence-corrected chi connectivity index (χ3v) is 3.29. The highest BCUT2D eigenvalue weighted by molar-refractivity contribution is 6.30. The molecule has 2 heterocycles. The minimum atomic E-state index is 0.732. The minimum Gasteiger partial charge on any atom is -0.380 e. The molecule has 0 aliphatic carbocycles. The maximum atomic E-state index is 6.02. The fourth-order valence-electron chi connectivity index (χ4n) is 2.19. The van der Waals surface area contributed by atoms with Gasteiger partial charge in [-0.25, -0.2) is 4.98 Å². The summed E-state index contributed by atoms with van der Waals surface area (Å²) >= 11 is 6.02. The van der Waals surface area contributed by atoms with Crippen LogP contribution in [0.3, 0.4) is 0 Å². The van der Waals surface area contributed by atoms with E-state index in [9.17, 15) is 0 Å². The Morgan fingerprint density at radius 3 is 2.83 bits per heavy atom. The number of rotatable bonds is 1. The van der Waals surface area contributed by atoms with Gasteiger partial charge in [0.2, 0.25) is 0 Å². The normalized spacial score (nSPS) is 13.4. The largest absolute Gasteiger partial charge is 0.380 e. The van der Waals surface area contributed by atoms with E-state index in [-0.39, 0.29) is 0 Å². The summed E-state index contributed by atoms with van der Waals surface area (Å²) < 4.78 is 0. The van der Waals surface area contributed by atoms with Crippen LogP contribution in [0.4, 0.5) is 11.5 Å². The van der Waals surface area contributed by atoms with Crippen molar-refractivity contribution in [3.8, 4) is 11.3 Å². The van der Waals surface area contributed by atoms with Gasteiger partial charge in [-0.2, -0.15) is 0 Å². The van der Waals surface area contributed by atoms with Crippen LogP contribution in [0.5, 0.6) is 0 Å². The van der Waals surface area contributed by atoms with E-state index in [1.54, 1.807) is 0 Å². The smallest absolute Gasteiger partial charge is 0.150 e. The molecule has 2 aromatic rings. The maximum Gasteiger partial charge on any atom is 0.150 e. The molecular weight excluding hydrogens is 246 g/mol. The maximum absolute atomic E-state index is 6.02. The van der Waals surface area contributed by atoms with Crippen molar-refractivity contribution in [3.63, 3.8) is 0 Å². The van der Waals surface area contributed by atoms with Gasteiger partial charge in [0, 0.05) is 23.7 Å². The van der Waals surface area contributed by atoms with Gasteiger partial charge in [0.05, 0.1) is 11.4 Å². The predicted octanol–water partition coefficient (Wildman–Crippen LogP) is 3.55. The zero-order valence-corrected chi connectivity index (χ0v) is 10.9. The monoisotopic (exact) mass is 259 g/mol. The number of nitrogens with zero attached hydrogens (tertiary/aromatic N) is 1. The van der Waals surface area contributed by atoms with Crippen molar-refractivity contribution in [2.45, 2.75) is 6.92 Å². The molecule has 0 amide bonds. The fraction of sp³-hybridized carbons (Fsp3) is 0.214. The van der Waals surface area contributed by atoms with Gasteiger partial charge in [0.25, 0.3) is 0 Å². The van der Waals surface area contributed by atoms with Crippen molar-refractivity contribution in [2.24, 2.45) is 0 Å². The second-order valence-electron chi connectivity index (χ2n) is 4.41. The average Bonchev–Trinajstić information content (AvgIpc) is 2.39. The number of hydrogen-bond acceptors (Lipinski definition) is 3. The molecule has 18 heavy (non-hydrogen) atoms. The van der Waals surface area contributed by atoms with Crippen LogP contribution in [0.1, 0.15) is 5.56 Å². The number of anilines is 2. The molecule has 0 radical (unpaired) electrons. The fourth-order valence-corrected chi connectivity index (χ4v) is 2.38. The number of aryl methyl sites for hydroxylation is 1. The van der Waals surface area contributed by atoms with E-state index in [4.69, 9.17) is 11.6 Å². The first kappa shape index (κ1) is 11.4. The third-order valence-electron chi connectivity index (χ3n) is 3.06. The SMILES string of the molecule is Cc1cc(-c2cccc(Cl)c2)nc2c1NCCN2. The second kappa shape index (κ2) is 4.50. The molecule has 1 aromatic carbocycles. The Bertz CT molecular complexity index is 596. The number of benzene rings is 1. The lowest BCUT2D eigenvalue weighted by molar-refractivity contribution is 1.01. The van der Waals surface area contributed by atoms with Crippen LogP contribution in [-0.4, -0.2) is 18.1 Å². The number of fused-ring (bicyclic) bond motifs is 1. The molecule has 0 saturated heterocycles. The lowest BCUT2D eigenvalue weighted by atomic mass is 10.1. The Hall–Kier alpha value is -1.74. The summed E-state index contributed by atoms with van der Waals surface area (Å²) in [5.41, 5.74) is 4.29. The molecule has 0 unspecified atom stereocenters. The molecule has 0 atom stereocenters. The van der Waals surface area contributed by atoms with E-state index in [0.29, 0.717) is 0 Å². The minimum absolute atomic E-state index is 0.732. The van der Waals surface area contributed by atoms with E-state index >= 15 is 0 Å². The summed E-state index contributed by atoms with van der Waals surface area (Å²) in [6, 6.07) is 9.86. The summed E-state index contributed by atoms with van der Waals surface area (Å²) in [4.78, 5) is 4.65. The van der Waals surface area contributed by atoms with E-state index in [1.807, 2.05) is 24.3 Å². The topological polar surface area (TPSA) is 37.0 Å². The number of aromatic nitrogens is 1. The number of pyridine rings is 1. The van der Waals surface area contributed by atoms with Crippen LogP contribution in [0.2, 0.25) is 5.02 Å². The average molecular weight is 260 g/mol. The molecule has 92 valence electrons. The zero-order valence-electron chi connectivity index (χ0n) is 10.1. The van der Waals surface area contributed by atoms with Gasteiger partial charge in [-0.15, -0.1) is 0 Å². The van der Waals surface area contributed by atoms with Gasteiger partial charge in [-0.1, -0.05) is 23.7 Å². The highest BCUT2D eigenvalue weighted by Gasteiger charge is 2.13. The first-order valence-electron chi connectivity index (χ1n) is 5.99. The molecule has 0 fully saturated rings. The highest BCUT2D eigenvalue weighted by Crippen LogP contribution is 2.31. The zero-order chi connectivity index (χ0) is 12.5. The molecule has 3 rings (SSSR count). The number of halogens is 1. The van der Waals surface area contributed by atoms with Gasteiger partial charge >= 0.3 is 0 Å². The molecule has 0 saturated carbocycles. The predicted molar refractivity (Wildman–Crippen MR) is 76.4 cm³/mol. The standard InChI is InChI=1S/C14H14ClN3/c1-9-7-12(10-3-2-4-11(15)8-10)18-14-13(9)16-5-6-17-14/h2-4,7-8,16H,5-6H2,1H3,(H,17,18). The van der Waals surface area contributed by atoms with Crippen LogP contribution >= 0.6 is 11.6 Å². The molecule has 3 nitrogen and oxygen atoms in total. The van der Waals surface area contributed by atoms with Crippen molar-refractivity contribution in [1.82, 2.24) is 4.98 Å². The Morgan fingerprint density at radius 2 is 2.00 bits per heavy atom. The quantitative estimate of drug-likeness (QED) is 0.822. The summed E-state index contributed by atoms with van der Waals surface area (Å²) in [5, 5.41) is 7.42. The molecule has 1 aliphatic heterocycles. The molecule has 0 bridgehead atoms. The van der Waals surface area contributed by atoms with E-state index in [0.717, 1.165) is 40.9 Å². The summed E-state index contributed by atoms with van der Waals surface area (Å²) in [7, 11) is 0. The van der Waals surface area contributed by atoms with Gasteiger partial charge in [0.1, 0.15) is 5.82 Å². The van der Waals surface area contributed by atoms with Crippen LogP contribution in [-0.2, 0) is 0 Å². The lowest BCUT2D eigenvalue weighted by Crippen LogP contribution is -2.22. The van der Waals surface area contributed by atoms with Crippen LogP contribution in [0, 0.1) is 6.92 Å². The molecule has 1 aromatic heterocycles. The van der Waals surface area contributed by atoms with E-state index in [1.165, 1.54) is 5.56 Å². The Morgan fingerprint density at radius 1 is 1.17 bits per heavy atom. The Balaban J connectivity index is 2.11. The van der Waals surface area contributed by atoms with Gasteiger partial charge in [-0.05, 0) is 30.7 Å². The van der Waals surface area contributed by atoms with Crippen molar-refractivity contribution in [2.75, 3.05) is 23.7 Å². The lowest BCUT2D eigenvalue weighted by Gasteiger charge is -2.21. The molecule has 2 N–H and O–H groups in total. The molecule has 1 aliphatic rings. The number of hydrogen-bond donors (Lipinski definition) is 2. The van der Waals surface area contributed by atoms with Crippen molar-refractivity contribution in [1.29, 1.82) is 0 Å². The van der Waals surface area contributed by atoms with Crippen LogP contribution in [0.15, 0.2) is 30.3 Å². The van der Waals surface area contributed by atoms with E-state index < -0.39 is 0 Å². The van der Waals surface area contributed by atoms with Crippen molar-refractivity contribution >= 4 is 23.1 Å². The second-order valence-corrected chi connectivity index (χ2v) is 4.85. The summed E-state index contributed by atoms with van der Waals surface area (Å²) in [6.07, 6.45) is 0. The van der Waals surface area contributed by atoms with Crippen LogP contribution in [0.25, 0.3) is 11.3 Å². The van der Waals surface area contributed by atoms with Gasteiger partial charge in [-0.3, -0.25) is 0 Å². The summed E-state index contributed by atoms with van der Waals surface area (Å²) in [6.45, 7) is 3.93.